The molecule has 0 amide bonds. The predicted molar refractivity (Wildman–Crippen MR) is 114 cm³/mol. The van der Waals surface area contributed by atoms with E-state index in [1.54, 1.807) is 24.3 Å². The van der Waals surface area contributed by atoms with Gasteiger partial charge in [0.2, 0.25) is 0 Å². The van der Waals surface area contributed by atoms with E-state index in [1.165, 1.54) is 6.07 Å². The maximum absolute atomic E-state index is 12.8. The van der Waals surface area contributed by atoms with Crippen molar-refractivity contribution in [1.82, 2.24) is 4.90 Å². The van der Waals surface area contributed by atoms with Gasteiger partial charge in [-0.1, -0.05) is 23.7 Å². The molecule has 2 aromatic carbocycles. The number of likely N-dealkylation sites (N-methyl/N-ethyl adjacent to an activating group) is 1. The number of hydrogen-bond donors (Lipinski definition) is 3. The number of halogens is 2. The molecule has 6 nitrogen and oxygen atoms in total. The van der Waals surface area contributed by atoms with Crippen molar-refractivity contribution in [3.05, 3.63) is 57.2 Å². The van der Waals surface area contributed by atoms with E-state index < -0.39 is 17.6 Å². The summed E-state index contributed by atoms with van der Waals surface area (Å²) >= 11 is 6.25. The number of phenols is 2. The lowest BCUT2D eigenvalue weighted by molar-refractivity contribution is 0.0233. The molecule has 0 bridgehead atoms. The lowest BCUT2D eigenvalue weighted by Crippen LogP contribution is -2.39. The highest BCUT2D eigenvalue weighted by Gasteiger charge is 2.34. The number of piperidine rings is 1. The van der Waals surface area contributed by atoms with Crippen LogP contribution in [0.5, 0.6) is 11.5 Å². The normalized spacial score (nSPS) is 19.8. The van der Waals surface area contributed by atoms with Crippen LogP contribution in [0, 0.1) is 0 Å². The van der Waals surface area contributed by atoms with E-state index in [1.807, 2.05) is 11.9 Å². The Kier molecular flexibility index (Phi) is 6.10. The quantitative estimate of drug-likeness (QED) is 0.559. The van der Waals surface area contributed by atoms with Gasteiger partial charge in [0, 0.05) is 17.7 Å². The summed E-state index contributed by atoms with van der Waals surface area (Å²) in [6.45, 7) is 0.720. The van der Waals surface area contributed by atoms with Gasteiger partial charge in [0.1, 0.15) is 22.6 Å². The molecule has 1 aliphatic heterocycles. The van der Waals surface area contributed by atoms with Crippen LogP contribution in [0.1, 0.15) is 24.4 Å². The van der Waals surface area contributed by atoms with Gasteiger partial charge in [-0.2, -0.15) is 0 Å². The largest absolute Gasteiger partial charge is 0.507 e. The van der Waals surface area contributed by atoms with Crippen molar-refractivity contribution < 1.29 is 19.7 Å². The Balaban J connectivity index is 0.00000240. The SMILES string of the molecule is CN1CCC[C@@H](O)[C@H]1c1c(O)cc(O)c2c(=O)cc(-c3ccccc3Cl)oc12.Cl. The Morgan fingerprint density at radius 1 is 1.17 bits per heavy atom. The van der Waals surface area contributed by atoms with E-state index >= 15 is 0 Å². The second-order valence-corrected chi connectivity index (χ2v) is 7.53. The zero-order chi connectivity index (χ0) is 20.0. The van der Waals surface area contributed by atoms with E-state index in [-0.39, 0.29) is 46.2 Å². The van der Waals surface area contributed by atoms with Crippen LogP contribution in [-0.4, -0.2) is 39.9 Å². The second-order valence-electron chi connectivity index (χ2n) is 7.12. The summed E-state index contributed by atoms with van der Waals surface area (Å²) in [5.41, 5.74) is 0.406. The van der Waals surface area contributed by atoms with Crippen LogP contribution in [0.2, 0.25) is 5.02 Å². The fourth-order valence-electron chi connectivity index (χ4n) is 3.95. The van der Waals surface area contributed by atoms with E-state index in [0.29, 0.717) is 17.0 Å². The Bertz CT molecular complexity index is 1100. The lowest BCUT2D eigenvalue weighted by Gasteiger charge is -2.37. The summed E-state index contributed by atoms with van der Waals surface area (Å²) in [6.07, 6.45) is 0.636. The molecule has 0 radical (unpaired) electrons. The number of fused-ring (bicyclic) bond motifs is 1. The number of rotatable bonds is 2. The summed E-state index contributed by atoms with van der Waals surface area (Å²) in [4.78, 5) is 14.7. The molecular weight excluding hydrogens is 417 g/mol. The number of likely N-dealkylation sites (tertiary alicyclic amines) is 1. The van der Waals surface area contributed by atoms with Gasteiger partial charge in [-0.3, -0.25) is 9.69 Å². The number of aromatic hydroxyl groups is 2. The summed E-state index contributed by atoms with van der Waals surface area (Å²) in [5, 5.41) is 31.8. The number of hydrogen-bond acceptors (Lipinski definition) is 6. The first-order valence-corrected chi connectivity index (χ1v) is 9.42. The molecule has 3 N–H and O–H groups in total. The monoisotopic (exact) mass is 437 g/mol. The molecule has 29 heavy (non-hydrogen) atoms. The molecule has 1 fully saturated rings. The molecule has 1 saturated heterocycles. The van der Waals surface area contributed by atoms with Crippen molar-refractivity contribution in [2.75, 3.05) is 13.6 Å². The van der Waals surface area contributed by atoms with Crippen molar-refractivity contribution in [1.29, 1.82) is 0 Å². The molecule has 154 valence electrons. The van der Waals surface area contributed by atoms with Gasteiger partial charge in [-0.15, -0.1) is 12.4 Å². The number of phenolic OH excluding ortho intramolecular Hbond substituents is 2. The molecule has 0 aliphatic carbocycles. The molecule has 3 aromatic rings. The maximum Gasteiger partial charge on any atom is 0.197 e. The van der Waals surface area contributed by atoms with Gasteiger partial charge in [0.15, 0.2) is 11.0 Å². The van der Waals surface area contributed by atoms with E-state index in [0.717, 1.165) is 19.0 Å². The van der Waals surface area contributed by atoms with E-state index in [9.17, 15) is 20.1 Å². The maximum atomic E-state index is 12.8. The Hall–Kier alpha value is -2.25. The number of aliphatic hydroxyl groups is 1. The third kappa shape index (κ3) is 3.69. The third-order valence-electron chi connectivity index (χ3n) is 5.28. The first-order valence-electron chi connectivity index (χ1n) is 9.04. The van der Waals surface area contributed by atoms with Crippen LogP contribution in [0.4, 0.5) is 0 Å². The number of benzene rings is 2. The van der Waals surface area contributed by atoms with Crippen LogP contribution < -0.4 is 5.43 Å². The zero-order valence-corrected chi connectivity index (χ0v) is 17.2. The van der Waals surface area contributed by atoms with Crippen molar-refractivity contribution in [2.24, 2.45) is 0 Å². The molecule has 0 saturated carbocycles. The van der Waals surface area contributed by atoms with Crippen LogP contribution in [0.15, 0.2) is 45.6 Å². The van der Waals surface area contributed by atoms with E-state index in [4.69, 9.17) is 16.0 Å². The fraction of sp³-hybridized carbons (Fsp3) is 0.286. The average molecular weight is 438 g/mol. The predicted octanol–water partition coefficient (Wildman–Crippen LogP) is 4.07. The highest BCUT2D eigenvalue weighted by molar-refractivity contribution is 6.33. The van der Waals surface area contributed by atoms with Gasteiger partial charge in [0.05, 0.1) is 22.7 Å². The van der Waals surface area contributed by atoms with Gasteiger partial charge in [-0.25, -0.2) is 0 Å². The van der Waals surface area contributed by atoms with Gasteiger partial charge in [0.25, 0.3) is 0 Å². The van der Waals surface area contributed by atoms with Gasteiger partial charge >= 0.3 is 0 Å². The molecule has 2 heterocycles. The highest BCUT2D eigenvalue weighted by atomic mass is 35.5. The smallest absolute Gasteiger partial charge is 0.197 e. The van der Waals surface area contributed by atoms with Crippen molar-refractivity contribution in [3.8, 4) is 22.8 Å². The Morgan fingerprint density at radius 2 is 1.90 bits per heavy atom. The molecular formula is C21H21Cl2NO5. The molecule has 4 rings (SSSR count). The van der Waals surface area contributed by atoms with Crippen LogP contribution in [-0.2, 0) is 0 Å². The topological polar surface area (TPSA) is 94.1 Å². The van der Waals surface area contributed by atoms with Crippen molar-refractivity contribution >= 4 is 35.0 Å². The minimum absolute atomic E-state index is 0. The fourth-order valence-corrected chi connectivity index (χ4v) is 4.18. The van der Waals surface area contributed by atoms with Crippen LogP contribution >= 0.6 is 24.0 Å². The molecule has 0 spiro atoms. The van der Waals surface area contributed by atoms with Crippen molar-refractivity contribution in [3.63, 3.8) is 0 Å². The zero-order valence-electron chi connectivity index (χ0n) is 15.6. The average Bonchev–Trinajstić information content (AvgIpc) is 2.63. The lowest BCUT2D eigenvalue weighted by atomic mass is 9.90. The number of aliphatic hydroxyl groups excluding tert-OH is 1. The molecule has 1 aromatic heterocycles. The van der Waals surface area contributed by atoms with Crippen molar-refractivity contribution in [2.45, 2.75) is 25.0 Å². The molecule has 8 heteroatoms. The van der Waals surface area contributed by atoms with Crippen LogP contribution in [0.3, 0.4) is 0 Å². The standard InChI is InChI=1S/C21H20ClNO5.ClH/c1-23-8-4-7-13(24)20(23)19-15(26)9-14(25)18-16(27)10-17(28-21(18)19)11-5-2-3-6-12(11)22;/h2-3,5-6,9-10,13,20,24-26H,4,7-8H2,1H3;1H/t13-,20+;/m1./s1. The first kappa shape index (κ1) is 21.5. The Morgan fingerprint density at radius 3 is 2.59 bits per heavy atom. The highest BCUT2D eigenvalue weighted by Crippen LogP contribution is 2.43. The molecule has 2 atom stereocenters. The minimum atomic E-state index is -0.744. The Labute approximate surface area is 178 Å². The molecule has 1 aliphatic rings. The summed E-state index contributed by atoms with van der Waals surface area (Å²) < 4.78 is 6.01. The molecule has 0 unspecified atom stereocenters. The van der Waals surface area contributed by atoms with E-state index in [2.05, 4.69) is 0 Å². The minimum Gasteiger partial charge on any atom is -0.507 e. The van der Waals surface area contributed by atoms with Gasteiger partial charge in [-0.05, 0) is 38.6 Å². The summed E-state index contributed by atoms with van der Waals surface area (Å²) in [5.74, 6) is -0.381. The number of nitrogens with zero attached hydrogens (tertiary/aromatic N) is 1. The van der Waals surface area contributed by atoms with Gasteiger partial charge < -0.3 is 19.7 Å². The second kappa shape index (κ2) is 8.24. The first-order chi connectivity index (χ1) is 13.4. The third-order valence-corrected chi connectivity index (χ3v) is 5.61. The summed E-state index contributed by atoms with van der Waals surface area (Å²) in [6, 6.07) is 8.76. The summed E-state index contributed by atoms with van der Waals surface area (Å²) in [7, 11) is 1.83. The van der Waals surface area contributed by atoms with Crippen LogP contribution in [0.25, 0.3) is 22.3 Å².